The molecular formula is C10H14O5. The fraction of sp³-hybridized carbons (Fsp3) is 0.900. The van der Waals surface area contributed by atoms with Crippen LogP contribution in [0.2, 0.25) is 0 Å². The van der Waals surface area contributed by atoms with Gasteiger partial charge in [-0.2, -0.15) is 9.78 Å². The molecule has 84 valence electrons. The third-order valence-corrected chi connectivity index (χ3v) is 3.85. The first-order valence-electron chi connectivity index (χ1n) is 5.23. The number of carbonyl (C=O) groups is 1. The summed E-state index contributed by atoms with van der Waals surface area (Å²) >= 11 is 0. The molecule has 5 heteroatoms. The van der Waals surface area contributed by atoms with Crippen LogP contribution in [0.4, 0.5) is 0 Å². The first-order chi connectivity index (χ1) is 7.04. The molecule has 0 radical (unpaired) electrons. The maximum atomic E-state index is 12.0. The molecule has 0 aromatic heterocycles. The lowest BCUT2D eigenvalue weighted by atomic mass is 9.75. The van der Waals surface area contributed by atoms with E-state index in [-0.39, 0.29) is 23.7 Å². The minimum atomic E-state index is -0.721. The van der Waals surface area contributed by atoms with Crippen molar-refractivity contribution in [3.05, 3.63) is 0 Å². The van der Waals surface area contributed by atoms with E-state index in [2.05, 4.69) is 0 Å². The Balaban J connectivity index is 2.04. The van der Waals surface area contributed by atoms with Crippen molar-refractivity contribution in [1.82, 2.24) is 0 Å². The molecule has 0 aliphatic carbocycles. The van der Waals surface area contributed by atoms with Crippen LogP contribution in [0.3, 0.4) is 0 Å². The Kier molecular flexibility index (Phi) is 1.81. The normalized spacial score (nSPS) is 58.3. The van der Waals surface area contributed by atoms with E-state index in [9.17, 15) is 4.79 Å². The van der Waals surface area contributed by atoms with Crippen molar-refractivity contribution < 1.29 is 24.0 Å². The molecule has 0 spiro atoms. The van der Waals surface area contributed by atoms with Gasteiger partial charge < -0.3 is 9.47 Å². The van der Waals surface area contributed by atoms with E-state index in [0.717, 1.165) is 0 Å². The van der Waals surface area contributed by atoms with Gasteiger partial charge in [0.15, 0.2) is 0 Å². The molecule has 0 saturated carbocycles. The van der Waals surface area contributed by atoms with E-state index in [1.807, 2.05) is 20.8 Å². The Morgan fingerprint density at radius 2 is 2.00 bits per heavy atom. The first kappa shape index (κ1) is 9.72. The van der Waals surface area contributed by atoms with Gasteiger partial charge in [-0.3, -0.25) is 4.79 Å². The molecule has 0 aromatic rings. The van der Waals surface area contributed by atoms with E-state index >= 15 is 0 Å². The Bertz CT molecular complexity index is 317. The monoisotopic (exact) mass is 214 g/mol. The van der Waals surface area contributed by atoms with Crippen molar-refractivity contribution in [2.75, 3.05) is 0 Å². The molecule has 0 unspecified atom stereocenters. The number of rotatable bonds is 0. The van der Waals surface area contributed by atoms with Crippen LogP contribution in [0.15, 0.2) is 0 Å². The zero-order valence-electron chi connectivity index (χ0n) is 8.93. The van der Waals surface area contributed by atoms with Crippen LogP contribution >= 0.6 is 0 Å². The highest BCUT2D eigenvalue weighted by Crippen LogP contribution is 2.47. The van der Waals surface area contributed by atoms with Crippen LogP contribution in [0, 0.1) is 11.8 Å². The Morgan fingerprint density at radius 1 is 1.27 bits per heavy atom. The van der Waals surface area contributed by atoms with Crippen LogP contribution in [0.25, 0.3) is 0 Å². The standard InChI is InChI=1S/C10H14O5/c1-4-6(11)5(2)10(3)9-12-8(14-15-9)7(4)13-10/h4-5,7-9H,1-3H3/t4-,5+,7+,8-,9+,10-/m0/s1. The third-order valence-electron chi connectivity index (χ3n) is 3.85. The molecule has 3 aliphatic rings. The molecule has 0 N–H and O–H groups in total. The molecule has 0 amide bonds. The van der Waals surface area contributed by atoms with Crippen molar-refractivity contribution in [1.29, 1.82) is 0 Å². The van der Waals surface area contributed by atoms with Gasteiger partial charge in [0, 0.05) is 11.8 Å². The van der Waals surface area contributed by atoms with E-state index in [1.165, 1.54) is 0 Å². The van der Waals surface area contributed by atoms with Crippen molar-refractivity contribution >= 4 is 5.78 Å². The van der Waals surface area contributed by atoms with Crippen LogP contribution in [-0.4, -0.2) is 30.1 Å². The fourth-order valence-electron chi connectivity index (χ4n) is 2.52. The summed E-state index contributed by atoms with van der Waals surface area (Å²) in [4.78, 5) is 22.1. The molecule has 4 bridgehead atoms. The number of ether oxygens (including phenoxy) is 2. The topological polar surface area (TPSA) is 54.0 Å². The fourth-order valence-corrected chi connectivity index (χ4v) is 2.52. The third kappa shape index (κ3) is 1.04. The van der Waals surface area contributed by atoms with Crippen LogP contribution in [-0.2, 0) is 24.0 Å². The van der Waals surface area contributed by atoms with Gasteiger partial charge in [0.05, 0.1) is 0 Å². The summed E-state index contributed by atoms with van der Waals surface area (Å²) in [7, 11) is 0. The molecule has 3 rings (SSSR count). The van der Waals surface area contributed by atoms with Gasteiger partial charge in [0.2, 0.25) is 12.6 Å². The lowest BCUT2D eigenvalue weighted by Crippen LogP contribution is -2.64. The SMILES string of the molecule is C[C@@H]1C(=O)[C@H](C)[C@H]2O[C@]1(C)[C@H]1OO[C@@H]2O1. The van der Waals surface area contributed by atoms with Crippen molar-refractivity contribution in [2.45, 2.75) is 45.1 Å². The van der Waals surface area contributed by atoms with Gasteiger partial charge >= 0.3 is 0 Å². The largest absolute Gasteiger partial charge is 0.360 e. The number of hydrogen-bond donors (Lipinski definition) is 0. The van der Waals surface area contributed by atoms with E-state index < -0.39 is 18.2 Å². The Labute approximate surface area is 87.6 Å². The van der Waals surface area contributed by atoms with E-state index in [1.54, 1.807) is 0 Å². The summed E-state index contributed by atoms with van der Waals surface area (Å²) in [5.41, 5.74) is -0.721. The van der Waals surface area contributed by atoms with Crippen LogP contribution in [0.5, 0.6) is 0 Å². The summed E-state index contributed by atoms with van der Waals surface area (Å²) in [6, 6.07) is 0. The van der Waals surface area contributed by atoms with E-state index in [0.29, 0.717) is 0 Å². The lowest BCUT2D eigenvalue weighted by molar-refractivity contribution is -0.311. The second-order valence-corrected chi connectivity index (χ2v) is 4.71. The average molecular weight is 214 g/mol. The summed E-state index contributed by atoms with van der Waals surface area (Å²) in [6.07, 6.45) is -1.50. The van der Waals surface area contributed by atoms with E-state index in [4.69, 9.17) is 19.2 Å². The Hall–Kier alpha value is -0.490. The predicted molar refractivity (Wildman–Crippen MR) is 47.4 cm³/mol. The molecule has 0 aromatic carbocycles. The Morgan fingerprint density at radius 3 is 2.73 bits per heavy atom. The number of ketones is 1. The van der Waals surface area contributed by atoms with Gasteiger partial charge in [-0.05, 0) is 6.92 Å². The van der Waals surface area contributed by atoms with Crippen molar-refractivity contribution in [3.8, 4) is 0 Å². The smallest absolute Gasteiger partial charge is 0.223 e. The van der Waals surface area contributed by atoms with Gasteiger partial charge in [-0.1, -0.05) is 13.8 Å². The maximum absolute atomic E-state index is 12.0. The number of carbonyl (C=O) groups excluding carboxylic acids is 1. The zero-order chi connectivity index (χ0) is 10.8. The van der Waals surface area contributed by atoms with Crippen molar-refractivity contribution in [3.63, 3.8) is 0 Å². The molecule has 3 fully saturated rings. The first-order valence-corrected chi connectivity index (χ1v) is 5.23. The maximum Gasteiger partial charge on any atom is 0.223 e. The molecule has 6 atom stereocenters. The number of hydrogen-bond acceptors (Lipinski definition) is 5. The number of fused-ring (bicyclic) bond motifs is 6. The summed E-state index contributed by atoms with van der Waals surface area (Å²) in [5.74, 6) is -0.252. The molecule has 3 saturated heterocycles. The molecule has 3 heterocycles. The summed E-state index contributed by atoms with van der Waals surface area (Å²) in [6.45, 7) is 5.53. The lowest BCUT2D eigenvalue weighted by Gasteiger charge is -2.49. The second-order valence-electron chi connectivity index (χ2n) is 4.71. The minimum Gasteiger partial charge on any atom is -0.360 e. The average Bonchev–Trinajstić information content (AvgIpc) is 2.66. The molecule has 15 heavy (non-hydrogen) atoms. The molecule has 5 nitrogen and oxygen atoms in total. The van der Waals surface area contributed by atoms with Gasteiger partial charge in [0.1, 0.15) is 17.5 Å². The predicted octanol–water partition coefficient (Wildman–Crippen LogP) is 0.629. The van der Waals surface area contributed by atoms with Gasteiger partial charge in [-0.15, -0.1) is 0 Å². The van der Waals surface area contributed by atoms with Gasteiger partial charge in [-0.25, -0.2) is 0 Å². The number of Topliss-reactive ketones (excluding diaryl/α,β-unsaturated/α-hetero) is 1. The molecule has 3 aliphatic heterocycles. The van der Waals surface area contributed by atoms with Gasteiger partial charge in [0.25, 0.3) is 0 Å². The summed E-state index contributed by atoms with van der Waals surface area (Å²) < 4.78 is 11.4. The highest BCUT2D eigenvalue weighted by molar-refractivity contribution is 5.85. The minimum absolute atomic E-state index is 0.196. The zero-order valence-corrected chi connectivity index (χ0v) is 8.93. The van der Waals surface area contributed by atoms with Crippen LogP contribution < -0.4 is 0 Å². The highest BCUT2D eigenvalue weighted by Gasteiger charge is 2.63. The van der Waals surface area contributed by atoms with Crippen molar-refractivity contribution in [2.24, 2.45) is 11.8 Å². The second kappa shape index (κ2) is 2.79. The molecular weight excluding hydrogens is 200 g/mol. The highest BCUT2D eigenvalue weighted by atomic mass is 17.3. The summed E-state index contributed by atoms with van der Waals surface area (Å²) in [5, 5.41) is 0. The quantitative estimate of drug-likeness (QED) is 0.553. The van der Waals surface area contributed by atoms with Crippen LogP contribution in [0.1, 0.15) is 20.8 Å².